The highest BCUT2D eigenvalue weighted by atomic mass is 32.2. The van der Waals surface area contributed by atoms with Crippen molar-refractivity contribution in [3.8, 4) is 0 Å². The topological polar surface area (TPSA) is 38.3 Å². The molecule has 0 aliphatic carbocycles. The number of benzene rings is 2. The van der Waals surface area contributed by atoms with Gasteiger partial charge < -0.3 is 10.1 Å². The standard InChI is InChI=1S/C12H9NS.C6H12O2/c1-3-7-11-9(5-1)13-10-6-2-4-8-12(10)14-11;1-3-4-5-8-6(2)7/h1-8,13H;3-5H2,1-2H3/i7T;. The molecule has 0 amide bonds. The van der Waals surface area contributed by atoms with Crippen LogP contribution in [0.1, 0.15) is 28.1 Å². The van der Waals surface area contributed by atoms with Crippen molar-refractivity contribution >= 4 is 29.1 Å². The molecule has 2 aromatic rings. The third-order valence-corrected chi connectivity index (χ3v) is 4.11. The number of ether oxygens (including phenoxy) is 1. The van der Waals surface area contributed by atoms with Crippen molar-refractivity contribution in [1.29, 1.82) is 0 Å². The van der Waals surface area contributed by atoms with Gasteiger partial charge in [0, 0.05) is 16.7 Å². The molecule has 0 saturated heterocycles. The van der Waals surface area contributed by atoms with E-state index in [4.69, 9.17) is 1.37 Å². The van der Waals surface area contributed by atoms with Gasteiger partial charge in [0.2, 0.25) is 0 Å². The van der Waals surface area contributed by atoms with Crippen molar-refractivity contribution in [3.63, 3.8) is 0 Å². The minimum atomic E-state index is -0.182. The number of nitrogens with one attached hydrogen (secondary N) is 1. The van der Waals surface area contributed by atoms with Gasteiger partial charge in [-0.15, -0.1) is 0 Å². The quantitative estimate of drug-likeness (QED) is 0.529. The summed E-state index contributed by atoms with van der Waals surface area (Å²) in [6, 6.07) is 14.5. The molecule has 116 valence electrons. The van der Waals surface area contributed by atoms with E-state index in [0.717, 1.165) is 29.1 Å². The third kappa shape index (κ3) is 4.81. The number of rotatable bonds is 3. The zero-order valence-electron chi connectivity index (χ0n) is 13.9. The maximum absolute atomic E-state index is 10.1. The molecule has 0 spiro atoms. The summed E-state index contributed by atoms with van der Waals surface area (Å²) in [6.45, 7) is 4.06. The van der Waals surface area contributed by atoms with Crippen LogP contribution >= 0.6 is 11.8 Å². The van der Waals surface area contributed by atoms with Crippen LogP contribution in [0, 0.1) is 0 Å². The first kappa shape index (κ1) is 15.0. The largest absolute Gasteiger partial charge is 0.466 e. The Labute approximate surface area is 137 Å². The second-order valence-electron chi connectivity index (χ2n) is 4.83. The first-order valence-electron chi connectivity index (χ1n) is 7.88. The summed E-state index contributed by atoms with van der Waals surface area (Å²) in [5.74, 6) is -0.182. The highest BCUT2D eigenvalue weighted by Crippen LogP contribution is 2.43. The van der Waals surface area contributed by atoms with Crippen LogP contribution in [0.2, 0.25) is 0 Å². The van der Waals surface area contributed by atoms with E-state index in [-0.39, 0.29) is 5.97 Å². The Morgan fingerprint density at radius 2 is 1.86 bits per heavy atom. The molecule has 3 rings (SSSR count). The Morgan fingerprint density at radius 1 is 1.18 bits per heavy atom. The molecule has 4 heteroatoms. The van der Waals surface area contributed by atoms with E-state index < -0.39 is 0 Å². The van der Waals surface area contributed by atoms with Crippen molar-refractivity contribution in [2.75, 3.05) is 11.9 Å². The molecule has 22 heavy (non-hydrogen) atoms. The molecule has 0 atom stereocenters. The molecule has 0 fully saturated rings. The zero-order valence-corrected chi connectivity index (χ0v) is 13.7. The lowest BCUT2D eigenvalue weighted by atomic mass is 10.2. The van der Waals surface area contributed by atoms with Crippen LogP contribution in [0.15, 0.2) is 58.3 Å². The van der Waals surface area contributed by atoms with E-state index in [1.807, 2.05) is 30.3 Å². The minimum absolute atomic E-state index is 0.182. The number of para-hydroxylation sites is 2. The molecule has 0 unspecified atom stereocenters. The van der Waals surface area contributed by atoms with E-state index in [0.29, 0.717) is 12.6 Å². The average Bonchev–Trinajstić information content (AvgIpc) is 2.54. The van der Waals surface area contributed by atoms with Gasteiger partial charge in [-0.25, -0.2) is 0 Å². The van der Waals surface area contributed by atoms with E-state index >= 15 is 0 Å². The summed E-state index contributed by atoms with van der Waals surface area (Å²) in [7, 11) is 0. The summed E-state index contributed by atoms with van der Waals surface area (Å²) in [5.41, 5.74) is 2.16. The molecule has 0 aromatic heterocycles. The summed E-state index contributed by atoms with van der Waals surface area (Å²) in [5, 5.41) is 3.34. The molecule has 1 aliphatic heterocycles. The normalized spacial score (nSPS) is 11.8. The number of carbonyl (C=O) groups is 1. The molecular weight excluding hydrogens is 294 g/mol. The number of hydrogen-bond donors (Lipinski definition) is 1. The maximum atomic E-state index is 10.1. The van der Waals surface area contributed by atoms with E-state index in [9.17, 15) is 4.79 Å². The second kappa shape index (κ2) is 8.49. The highest BCUT2D eigenvalue weighted by Gasteiger charge is 2.13. The SMILES string of the molecule is CCCCOC(C)=O.[3H]c1cccc2c1Sc1ccccc1N2. The Bertz CT molecular complexity index is 676. The van der Waals surface area contributed by atoms with Crippen LogP contribution in [0.25, 0.3) is 0 Å². The predicted molar refractivity (Wildman–Crippen MR) is 91.8 cm³/mol. The first-order chi connectivity index (χ1) is 11.1. The molecule has 0 radical (unpaired) electrons. The molecule has 1 heterocycles. The molecule has 0 saturated carbocycles. The minimum Gasteiger partial charge on any atom is -0.466 e. The molecule has 2 aromatic carbocycles. The predicted octanol–water partition coefficient (Wildman–Crippen LogP) is 5.24. The van der Waals surface area contributed by atoms with Gasteiger partial charge in [-0.2, -0.15) is 0 Å². The lowest BCUT2D eigenvalue weighted by Gasteiger charge is -2.19. The van der Waals surface area contributed by atoms with Crippen LogP contribution in [-0.2, 0) is 9.53 Å². The van der Waals surface area contributed by atoms with E-state index in [2.05, 4.69) is 29.1 Å². The van der Waals surface area contributed by atoms with Gasteiger partial charge in [0.15, 0.2) is 0 Å². The van der Waals surface area contributed by atoms with Gasteiger partial charge in [0.25, 0.3) is 0 Å². The molecule has 0 bridgehead atoms. The van der Waals surface area contributed by atoms with Crippen molar-refractivity contribution < 1.29 is 10.9 Å². The van der Waals surface area contributed by atoms with Crippen LogP contribution in [0.3, 0.4) is 0 Å². The second-order valence-corrected chi connectivity index (χ2v) is 5.88. The van der Waals surface area contributed by atoms with Gasteiger partial charge in [0.1, 0.15) is 0 Å². The monoisotopic (exact) mass is 317 g/mol. The number of anilines is 2. The first-order valence-corrected chi connectivity index (χ1v) is 8.20. The molecule has 1 aliphatic rings. The van der Waals surface area contributed by atoms with Crippen LogP contribution < -0.4 is 5.32 Å². The summed E-state index contributed by atoms with van der Waals surface area (Å²) in [4.78, 5) is 12.3. The fourth-order valence-corrected chi connectivity index (χ4v) is 2.83. The van der Waals surface area contributed by atoms with Gasteiger partial charge in [-0.1, -0.05) is 49.4 Å². The van der Waals surface area contributed by atoms with E-state index in [1.54, 1.807) is 11.8 Å². The van der Waals surface area contributed by atoms with Crippen LogP contribution in [0.5, 0.6) is 0 Å². The van der Waals surface area contributed by atoms with E-state index in [1.165, 1.54) is 11.8 Å². The number of unbranched alkanes of at least 4 members (excludes halogenated alkanes) is 1. The fourth-order valence-electron chi connectivity index (χ4n) is 1.88. The van der Waals surface area contributed by atoms with Crippen LogP contribution in [-0.4, -0.2) is 12.6 Å². The van der Waals surface area contributed by atoms with Gasteiger partial charge >= 0.3 is 5.97 Å². The Hall–Kier alpha value is -1.94. The summed E-state index contributed by atoms with van der Waals surface area (Å²) in [6.07, 6.45) is 2.05. The zero-order chi connectivity index (χ0) is 16.7. The van der Waals surface area contributed by atoms with Crippen molar-refractivity contribution in [2.24, 2.45) is 0 Å². The summed E-state index contributed by atoms with van der Waals surface area (Å²) >= 11 is 1.66. The maximum Gasteiger partial charge on any atom is 0.302 e. The number of fused-ring (bicyclic) bond motifs is 2. The van der Waals surface area contributed by atoms with Gasteiger partial charge in [-0.05, 0) is 30.7 Å². The van der Waals surface area contributed by atoms with Gasteiger partial charge in [-0.3, -0.25) is 4.79 Å². The molecular formula is C18H21NO2S. The smallest absolute Gasteiger partial charge is 0.302 e. The highest BCUT2D eigenvalue weighted by molar-refractivity contribution is 7.99. The lowest BCUT2D eigenvalue weighted by Crippen LogP contribution is -1.99. The molecule has 3 nitrogen and oxygen atoms in total. The fraction of sp³-hybridized carbons (Fsp3) is 0.278. The number of esters is 1. The van der Waals surface area contributed by atoms with Crippen molar-refractivity contribution in [2.45, 2.75) is 36.5 Å². The van der Waals surface area contributed by atoms with Crippen LogP contribution in [0.4, 0.5) is 11.4 Å². The Morgan fingerprint density at radius 3 is 2.59 bits per heavy atom. The Kier molecular flexibility index (Phi) is 5.78. The summed E-state index contributed by atoms with van der Waals surface area (Å²) < 4.78 is 12.5. The number of hydrogen-bond acceptors (Lipinski definition) is 4. The Balaban J connectivity index is 0.000000207. The van der Waals surface area contributed by atoms with Crippen molar-refractivity contribution in [3.05, 3.63) is 48.5 Å². The third-order valence-electron chi connectivity index (χ3n) is 2.99. The molecule has 1 N–H and O–H groups in total. The lowest BCUT2D eigenvalue weighted by molar-refractivity contribution is -0.141. The average molecular weight is 317 g/mol. The van der Waals surface area contributed by atoms with Crippen molar-refractivity contribution in [1.82, 2.24) is 0 Å². The van der Waals surface area contributed by atoms with Gasteiger partial charge in [0.05, 0.1) is 19.4 Å². The number of carbonyl (C=O) groups excluding carboxylic acids is 1.